The molecule has 1 aliphatic carbocycles. The molecule has 1 amide bonds. The maximum atomic E-state index is 12.4. The molecule has 25 heavy (non-hydrogen) atoms. The molecule has 1 fully saturated rings. The lowest BCUT2D eigenvalue weighted by molar-refractivity contribution is -0.151. The van der Waals surface area contributed by atoms with Crippen LogP contribution in [-0.2, 0) is 26.2 Å². The summed E-state index contributed by atoms with van der Waals surface area (Å²) in [6.07, 6.45) is 2.33. The summed E-state index contributed by atoms with van der Waals surface area (Å²) in [5, 5.41) is 2.81. The molecule has 0 atom stereocenters. The van der Waals surface area contributed by atoms with Gasteiger partial charge in [-0.05, 0) is 42.9 Å². The molecule has 0 aliphatic heterocycles. The number of esters is 1. The largest absolute Gasteiger partial charge is 0.455 e. The Morgan fingerprint density at radius 1 is 1.04 bits per heavy atom. The third kappa shape index (κ3) is 4.08. The Labute approximate surface area is 148 Å². The van der Waals surface area contributed by atoms with E-state index in [0.717, 1.165) is 24.8 Å². The number of hydrogen-bond donors (Lipinski definition) is 1. The zero-order valence-corrected chi connectivity index (χ0v) is 14.5. The number of carbonyl (C=O) groups is 2. The fourth-order valence-electron chi connectivity index (χ4n) is 3.04. The molecule has 2 aromatic rings. The minimum atomic E-state index is -0.539. The molecule has 130 valence electrons. The van der Waals surface area contributed by atoms with Crippen LogP contribution in [0.5, 0.6) is 0 Å². The van der Waals surface area contributed by atoms with Crippen LogP contribution >= 0.6 is 0 Å². The lowest BCUT2D eigenvalue weighted by atomic mass is 9.96. The standard InChI is InChI=1S/C21H23NO3/c1-16-7-5-6-8-17(16)11-14-22-19(23)15-25-20(24)21(12-13-21)18-9-3-2-4-10-18/h2-10H,11-15H2,1H3,(H,22,23). The van der Waals surface area contributed by atoms with E-state index in [1.807, 2.05) is 42.5 Å². The number of benzene rings is 2. The van der Waals surface area contributed by atoms with Crippen molar-refractivity contribution in [1.82, 2.24) is 5.32 Å². The Hall–Kier alpha value is -2.62. The highest BCUT2D eigenvalue weighted by Crippen LogP contribution is 2.49. The Balaban J connectivity index is 1.43. The first-order chi connectivity index (χ1) is 12.1. The van der Waals surface area contributed by atoms with Crippen LogP contribution in [-0.4, -0.2) is 25.0 Å². The van der Waals surface area contributed by atoms with Gasteiger partial charge in [0, 0.05) is 6.54 Å². The summed E-state index contributed by atoms with van der Waals surface area (Å²) in [6, 6.07) is 17.7. The third-order valence-corrected chi connectivity index (χ3v) is 4.78. The molecule has 0 unspecified atom stereocenters. The molecule has 0 saturated heterocycles. The lowest BCUT2D eigenvalue weighted by Gasteiger charge is -2.14. The number of aryl methyl sites for hydroxylation is 1. The average Bonchev–Trinajstić information content (AvgIpc) is 3.44. The molecule has 1 saturated carbocycles. The highest BCUT2D eigenvalue weighted by atomic mass is 16.5. The van der Waals surface area contributed by atoms with Gasteiger partial charge in [-0.15, -0.1) is 0 Å². The van der Waals surface area contributed by atoms with Crippen LogP contribution in [0, 0.1) is 6.92 Å². The first-order valence-electron chi connectivity index (χ1n) is 8.66. The van der Waals surface area contributed by atoms with Crippen molar-refractivity contribution < 1.29 is 14.3 Å². The van der Waals surface area contributed by atoms with Crippen molar-refractivity contribution >= 4 is 11.9 Å². The Bertz CT molecular complexity index is 751. The number of hydrogen-bond acceptors (Lipinski definition) is 3. The number of nitrogens with one attached hydrogen (secondary N) is 1. The molecule has 0 aromatic heterocycles. The Morgan fingerprint density at radius 2 is 1.72 bits per heavy atom. The molecule has 0 bridgehead atoms. The minimum Gasteiger partial charge on any atom is -0.455 e. The van der Waals surface area contributed by atoms with Crippen LogP contribution < -0.4 is 5.32 Å². The fourth-order valence-corrected chi connectivity index (χ4v) is 3.04. The van der Waals surface area contributed by atoms with E-state index in [9.17, 15) is 9.59 Å². The Kier molecular flexibility index (Phi) is 5.17. The van der Waals surface area contributed by atoms with Crippen LogP contribution in [0.2, 0.25) is 0 Å². The van der Waals surface area contributed by atoms with Crippen molar-refractivity contribution in [2.75, 3.05) is 13.2 Å². The average molecular weight is 337 g/mol. The third-order valence-electron chi connectivity index (χ3n) is 4.78. The monoisotopic (exact) mass is 337 g/mol. The van der Waals surface area contributed by atoms with E-state index in [1.165, 1.54) is 11.1 Å². The number of rotatable bonds is 7. The molecule has 0 radical (unpaired) electrons. The summed E-state index contributed by atoms with van der Waals surface area (Å²) in [4.78, 5) is 24.3. The van der Waals surface area contributed by atoms with E-state index in [4.69, 9.17) is 4.74 Å². The second-order valence-electron chi connectivity index (χ2n) is 6.55. The van der Waals surface area contributed by atoms with Crippen LogP contribution in [0.25, 0.3) is 0 Å². The normalized spacial score (nSPS) is 14.6. The van der Waals surface area contributed by atoms with Gasteiger partial charge in [-0.3, -0.25) is 9.59 Å². The highest BCUT2D eigenvalue weighted by Gasteiger charge is 2.52. The van der Waals surface area contributed by atoms with Gasteiger partial charge in [0.1, 0.15) is 0 Å². The van der Waals surface area contributed by atoms with Gasteiger partial charge in [0.05, 0.1) is 5.41 Å². The van der Waals surface area contributed by atoms with Crippen molar-refractivity contribution in [3.8, 4) is 0 Å². The number of ether oxygens (including phenoxy) is 1. The van der Waals surface area contributed by atoms with Gasteiger partial charge in [0.25, 0.3) is 5.91 Å². The maximum Gasteiger partial charge on any atom is 0.317 e. The van der Waals surface area contributed by atoms with E-state index in [-0.39, 0.29) is 18.5 Å². The molecule has 4 nitrogen and oxygen atoms in total. The van der Waals surface area contributed by atoms with E-state index in [2.05, 4.69) is 24.4 Å². The van der Waals surface area contributed by atoms with E-state index >= 15 is 0 Å². The zero-order valence-electron chi connectivity index (χ0n) is 14.5. The van der Waals surface area contributed by atoms with Crippen LogP contribution in [0.15, 0.2) is 54.6 Å². The van der Waals surface area contributed by atoms with Crippen LogP contribution in [0.4, 0.5) is 0 Å². The Morgan fingerprint density at radius 3 is 2.40 bits per heavy atom. The molecule has 0 spiro atoms. The molecule has 1 N–H and O–H groups in total. The first kappa shape index (κ1) is 17.2. The van der Waals surface area contributed by atoms with Crippen LogP contribution in [0.3, 0.4) is 0 Å². The highest BCUT2D eigenvalue weighted by molar-refractivity contribution is 5.88. The van der Waals surface area contributed by atoms with Crippen molar-refractivity contribution in [2.45, 2.75) is 31.6 Å². The predicted molar refractivity (Wildman–Crippen MR) is 96.2 cm³/mol. The second-order valence-corrected chi connectivity index (χ2v) is 6.55. The topological polar surface area (TPSA) is 55.4 Å². The van der Waals surface area contributed by atoms with Gasteiger partial charge in [0.15, 0.2) is 6.61 Å². The second kappa shape index (κ2) is 7.51. The van der Waals surface area contributed by atoms with Crippen molar-refractivity contribution in [3.63, 3.8) is 0 Å². The summed E-state index contributed by atoms with van der Waals surface area (Å²) < 4.78 is 5.26. The summed E-state index contributed by atoms with van der Waals surface area (Å²) >= 11 is 0. The van der Waals surface area contributed by atoms with E-state index in [1.54, 1.807) is 0 Å². The van der Waals surface area contributed by atoms with Crippen molar-refractivity contribution in [2.24, 2.45) is 0 Å². The summed E-state index contributed by atoms with van der Waals surface area (Å²) in [5.41, 5.74) is 2.85. The van der Waals surface area contributed by atoms with Crippen molar-refractivity contribution in [1.29, 1.82) is 0 Å². The first-order valence-corrected chi connectivity index (χ1v) is 8.66. The van der Waals surface area contributed by atoms with Gasteiger partial charge in [-0.25, -0.2) is 0 Å². The number of amides is 1. The van der Waals surface area contributed by atoms with E-state index in [0.29, 0.717) is 6.54 Å². The predicted octanol–water partition coefficient (Wildman–Crippen LogP) is 2.93. The molecule has 1 aliphatic rings. The number of carbonyl (C=O) groups excluding carboxylic acids is 2. The lowest BCUT2D eigenvalue weighted by Crippen LogP contribution is -2.33. The summed E-state index contributed by atoms with van der Waals surface area (Å²) in [5.74, 6) is -0.557. The van der Waals surface area contributed by atoms with E-state index < -0.39 is 5.41 Å². The van der Waals surface area contributed by atoms with Crippen molar-refractivity contribution in [3.05, 3.63) is 71.3 Å². The summed E-state index contributed by atoms with van der Waals surface area (Å²) in [6.45, 7) is 2.36. The quantitative estimate of drug-likeness (QED) is 0.791. The van der Waals surface area contributed by atoms with Gasteiger partial charge >= 0.3 is 5.97 Å². The summed E-state index contributed by atoms with van der Waals surface area (Å²) in [7, 11) is 0. The van der Waals surface area contributed by atoms with Crippen LogP contribution in [0.1, 0.15) is 29.5 Å². The van der Waals surface area contributed by atoms with Gasteiger partial charge in [-0.1, -0.05) is 54.6 Å². The molecular weight excluding hydrogens is 314 g/mol. The molecular formula is C21H23NO3. The minimum absolute atomic E-state index is 0.221. The molecule has 4 heteroatoms. The van der Waals surface area contributed by atoms with Gasteiger partial charge in [0.2, 0.25) is 0 Å². The van der Waals surface area contributed by atoms with Gasteiger partial charge < -0.3 is 10.1 Å². The molecule has 3 rings (SSSR count). The molecule has 0 heterocycles. The SMILES string of the molecule is Cc1ccccc1CCNC(=O)COC(=O)C1(c2ccccc2)CC1. The van der Waals surface area contributed by atoms with Gasteiger partial charge in [-0.2, -0.15) is 0 Å². The smallest absolute Gasteiger partial charge is 0.317 e. The fraction of sp³-hybridized carbons (Fsp3) is 0.333. The maximum absolute atomic E-state index is 12.4. The molecule has 2 aromatic carbocycles. The zero-order chi connectivity index (χ0) is 17.7.